The molecule has 0 bridgehead atoms. The Balaban J connectivity index is 0.00000256. The number of halogens is 1. The third kappa shape index (κ3) is 3.86. The van der Waals surface area contributed by atoms with Gasteiger partial charge in [0.1, 0.15) is 6.54 Å². The van der Waals surface area contributed by atoms with Gasteiger partial charge in [0.15, 0.2) is 0 Å². The molecule has 0 radical (unpaired) electrons. The first-order chi connectivity index (χ1) is 7.71. The van der Waals surface area contributed by atoms with E-state index in [9.17, 15) is 0 Å². The highest BCUT2D eigenvalue weighted by atomic mass is 35.5. The van der Waals surface area contributed by atoms with Crippen molar-refractivity contribution in [2.75, 3.05) is 19.6 Å². The Kier molecular flexibility index (Phi) is 7.17. The van der Waals surface area contributed by atoms with Crippen molar-refractivity contribution in [2.45, 2.75) is 27.3 Å². The highest BCUT2D eigenvalue weighted by molar-refractivity contribution is 5.51. The number of hydrogen-bond donors (Lipinski definition) is 0. The molecule has 1 aromatic rings. The van der Waals surface area contributed by atoms with E-state index in [1.165, 1.54) is 30.8 Å². The Morgan fingerprint density at radius 3 is 2.06 bits per heavy atom. The summed E-state index contributed by atoms with van der Waals surface area (Å²) >= 11 is 0. The summed E-state index contributed by atoms with van der Waals surface area (Å²) in [4.78, 5) is 0. The number of rotatable bonds is 6. The van der Waals surface area contributed by atoms with Crippen molar-refractivity contribution >= 4 is 6.08 Å². The van der Waals surface area contributed by atoms with E-state index in [-0.39, 0.29) is 12.4 Å². The third-order valence-electron chi connectivity index (χ3n) is 3.79. The van der Waals surface area contributed by atoms with E-state index in [0.29, 0.717) is 0 Å². The van der Waals surface area contributed by atoms with Crippen molar-refractivity contribution in [3.8, 4) is 0 Å². The molecule has 1 aromatic carbocycles. The molecule has 0 aliphatic carbocycles. The highest BCUT2D eigenvalue weighted by Gasteiger charge is 2.21. The monoisotopic (exact) mass is 253 g/mol. The van der Waals surface area contributed by atoms with Crippen LogP contribution in [0.2, 0.25) is 0 Å². The molecular weight excluding hydrogens is 230 g/mol. The summed E-state index contributed by atoms with van der Waals surface area (Å²) in [6.45, 7) is 15.4. The molecule has 0 aliphatic heterocycles. The molecule has 0 saturated carbocycles. The SMILES string of the molecule is C=Cc1ccccc1C[N+](CC)(CC)CC.[Cl-]. The van der Waals surface area contributed by atoms with E-state index in [0.717, 1.165) is 11.0 Å². The first-order valence-corrected chi connectivity index (χ1v) is 6.26. The normalized spacial score (nSPS) is 10.8. The standard InChI is InChI=1S/C15H24N.ClH/c1-5-14-11-9-10-12-15(14)13-16(6-2,7-3)8-4;/h5,9-12H,1,6-8,13H2,2-4H3;1H/q+1;/p-1. The molecule has 0 aromatic heterocycles. The average Bonchev–Trinajstić information content (AvgIpc) is 2.36. The summed E-state index contributed by atoms with van der Waals surface area (Å²) in [7, 11) is 0. The minimum Gasteiger partial charge on any atom is -1.00 e. The quantitative estimate of drug-likeness (QED) is 0.656. The van der Waals surface area contributed by atoms with Gasteiger partial charge >= 0.3 is 0 Å². The Bertz CT molecular complexity index is 334. The van der Waals surface area contributed by atoms with Crippen LogP contribution in [0.15, 0.2) is 30.8 Å². The highest BCUT2D eigenvalue weighted by Crippen LogP contribution is 2.18. The van der Waals surface area contributed by atoms with Gasteiger partial charge in [0.05, 0.1) is 19.6 Å². The van der Waals surface area contributed by atoms with Crippen molar-refractivity contribution in [1.82, 2.24) is 0 Å². The Morgan fingerprint density at radius 2 is 1.59 bits per heavy atom. The van der Waals surface area contributed by atoms with Crippen molar-refractivity contribution < 1.29 is 16.9 Å². The first-order valence-electron chi connectivity index (χ1n) is 6.26. The summed E-state index contributed by atoms with van der Waals surface area (Å²) in [5, 5.41) is 0. The van der Waals surface area contributed by atoms with Crippen LogP contribution >= 0.6 is 0 Å². The molecule has 17 heavy (non-hydrogen) atoms. The number of quaternary nitrogens is 1. The summed E-state index contributed by atoms with van der Waals surface area (Å²) in [5.74, 6) is 0. The molecule has 0 aliphatic rings. The predicted octanol–water partition coefficient (Wildman–Crippen LogP) is 0.710. The minimum absolute atomic E-state index is 0. The molecule has 0 heterocycles. The molecule has 0 spiro atoms. The van der Waals surface area contributed by atoms with E-state index >= 15 is 0 Å². The summed E-state index contributed by atoms with van der Waals surface area (Å²) in [6, 6.07) is 8.58. The number of hydrogen-bond acceptors (Lipinski definition) is 0. The van der Waals surface area contributed by atoms with Crippen LogP contribution in [0.1, 0.15) is 31.9 Å². The predicted molar refractivity (Wildman–Crippen MR) is 72.1 cm³/mol. The lowest BCUT2D eigenvalue weighted by Crippen LogP contribution is -3.00. The van der Waals surface area contributed by atoms with Gasteiger partial charge in [-0.25, -0.2) is 0 Å². The molecule has 0 unspecified atom stereocenters. The number of benzene rings is 1. The zero-order chi connectivity index (χ0) is 12.0. The molecular formula is C15H24ClN. The molecule has 0 N–H and O–H groups in total. The minimum atomic E-state index is 0. The molecule has 0 amide bonds. The van der Waals surface area contributed by atoms with Gasteiger partial charge < -0.3 is 16.9 Å². The van der Waals surface area contributed by atoms with Crippen LogP contribution in [0, 0.1) is 0 Å². The van der Waals surface area contributed by atoms with Crippen LogP contribution < -0.4 is 12.4 Å². The van der Waals surface area contributed by atoms with E-state index < -0.39 is 0 Å². The fourth-order valence-electron chi connectivity index (χ4n) is 2.24. The van der Waals surface area contributed by atoms with E-state index in [1.807, 2.05) is 6.08 Å². The van der Waals surface area contributed by atoms with E-state index in [4.69, 9.17) is 0 Å². The van der Waals surface area contributed by atoms with Crippen LogP contribution in [0.3, 0.4) is 0 Å². The third-order valence-corrected chi connectivity index (χ3v) is 3.79. The topological polar surface area (TPSA) is 0 Å². The zero-order valence-electron chi connectivity index (χ0n) is 11.2. The van der Waals surface area contributed by atoms with Gasteiger partial charge in [-0.15, -0.1) is 0 Å². The van der Waals surface area contributed by atoms with Crippen molar-refractivity contribution in [2.24, 2.45) is 0 Å². The second kappa shape index (κ2) is 7.52. The van der Waals surface area contributed by atoms with Gasteiger partial charge in [0, 0.05) is 5.56 Å². The maximum atomic E-state index is 3.89. The Morgan fingerprint density at radius 1 is 1.06 bits per heavy atom. The summed E-state index contributed by atoms with van der Waals surface area (Å²) in [5.41, 5.74) is 2.70. The van der Waals surface area contributed by atoms with Gasteiger partial charge in [-0.1, -0.05) is 36.9 Å². The van der Waals surface area contributed by atoms with Gasteiger partial charge in [-0.3, -0.25) is 0 Å². The fourth-order valence-corrected chi connectivity index (χ4v) is 2.24. The van der Waals surface area contributed by atoms with Crippen LogP contribution in [0.4, 0.5) is 0 Å². The molecule has 1 nitrogen and oxygen atoms in total. The van der Waals surface area contributed by atoms with Gasteiger partial charge in [0.25, 0.3) is 0 Å². The molecule has 0 atom stereocenters. The fraction of sp³-hybridized carbons (Fsp3) is 0.467. The number of nitrogens with zero attached hydrogens (tertiary/aromatic N) is 1. The first kappa shape index (κ1) is 16.2. The molecule has 1 rings (SSSR count). The van der Waals surface area contributed by atoms with Gasteiger partial charge in [0.2, 0.25) is 0 Å². The lowest BCUT2D eigenvalue weighted by atomic mass is 10.1. The molecule has 0 saturated heterocycles. The zero-order valence-corrected chi connectivity index (χ0v) is 12.0. The van der Waals surface area contributed by atoms with E-state index in [2.05, 4.69) is 51.6 Å². The molecule has 96 valence electrons. The maximum Gasteiger partial charge on any atom is 0.105 e. The Hall–Kier alpha value is -0.790. The second-order valence-electron chi connectivity index (χ2n) is 4.35. The second-order valence-corrected chi connectivity index (χ2v) is 4.35. The summed E-state index contributed by atoms with van der Waals surface area (Å²) < 4.78 is 1.16. The summed E-state index contributed by atoms with van der Waals surface area (Å²) in [6.07, 6.45) is 1.96. The van der Waals surface area contributed by atoms with Crippen LogP contribution in [-0.2, 0) is 6.54 Å². The van der Waals surface area contributed by atoms with E-state index in [1.54, 1.807) is 0 Å². The molecule has 0 fully saturated rings. The van der Waals surface area contributed by atoms with Crippen LogP contribution in [0.25, 0.3) is 6.08 Å². The Labute approximate surface area is 112 Å². The molecule has 2 heteroatoms. The van der Waals surface area contributed by atoms with Gasteiger partial charge in [-0.05, 0) is 26.3 Å². The average molecular weight is 254 g/mol. The lowest BCUT2D eigenvalue weighted by molar-refractivity contribution is -0.936. The largest absolute Gasteiger partial charge is 1.00 e. The van der Waals surface area contributed by atoms with Crippen molar-refractivity contribution in [3.63, 3.8) is 0 Å². The van der Waals surface area contributed by atoms with Crippen LogP contribution in [0.5, 0.6) is 0 Å². The maximum absolute atomic E-state index is 3.89. The smallest absolute Gasteiger partial charge is 0.105 e. The lowest BCUT2D eigenvalue weighted by Gasteiger charge is -2.36. The van der Waals surface area contributed by atoms with Gasteiger partial charge in [-0.2, -0.15) is 0 Å². The van der Waals surface area contributed by atoms with Crippen LogP contribution in [-0.4, -0.2) is 24.1 Å². The van der Waals surface area contributed by atoms with Crippen molar-refractivity contribution in [1.29, 1.82) is 0 Å². The van der Waals surface area contributed by atoms with Crippen molar-refractivity contribution in [3.05, 3.63) is 42.0 Å².